The molecule has 6 nitrogen and oxygen atoms in total. The molecule has 6 heteroatoms. The molecule has 0 atom stereocenters. The molecule has 0 unspecified atom stereocenters. The molecule has 0 saturated heterocycles. The summed E-state index contributed by atoms with van der Waals surface area (Å²) in [6.45, 7) is 6.10. The highest BCUT2D eigenvalue weighted by Gasteiger charge is 2.14. The molecule has 0 aliphatic rings. The van der Waals surface area contributed by atoms with Crippen molar-refractivity contribution in [1.82, 2.24) is 4.90 Å². The van der Waals surface area contributed by atoms with Crippen LogP contribution < -0.4 is 9.64 Å². The third-order valence-electron chi connectivity index (χ3n) is 4.56. The fourth-order valence-corrected chi connectivity index (χ4v) is 2.81. The van der Waals surface area contributed by atoms with Gasteiger partial charge in [0.1, 0.15) is 5.75 Å². The first kappa shape index (κ1) is 21.3. The highest BCUT2D eigenvalue weighted by Crippen LogP contribution is 2.16. The van der Waals surface area contributed by atoms with E-state index in [1.807, 2.05) is 36.4 Å². The van der Waals surface area contributed by atoms with E-state index in [-0.39, 0.29) is 12.5 Å². The first-order valence-electron chi connectivity index (χ1n) is 9.37. The van der Waals surface area contributed by atoms with Crippen LogP contribution in [0.3, 0.4) is 0 Å². The lowest BCUT2D eigenvalue weighted by atomic mass is 10.2. The fraction of sp³-hybridized carbons (Fsp3) is 0.364. The summed E-state index contributed by atoms with van der Waals surface area (Å²) in [4.78, 5) is 28.2. The molecular weight excluding hydrogens is 356 g/mol. The number of likely N-dealkylation sites (N-methyl/N-ethyl adjacent to an activating group) is 1. The number of carbonyl (C=O) groups is 2. The van der Waals surface area contributed by atoms with Crippen molar-refractivity contribution in [2.75, 3.05) is 38.8 Å². The third kappa shape index (κ3) is 5.74. The fourth-order valence-electron chi connectivity index (χ4n) is 2.81. The van der Waals surface area contributed by atoms with Gasteiger partial charge in [0.15, 0.2) is 6.61 Å². The number of methoxy groups -OCH3 is 1. The number of hydrogen-bond donors (Lipinski definition) is 0. The van der Waals surface area contributed by atoms with Crippen LogP contribution in [0.4, 0.5) is 5.69 Å². The van der Waals surface area contributed by atoms with Gasteiger partial charge in [-0.1, -0.05) is 12.1 Å². The zero-order valence-corrected chi connectivity index (χ0v) is 17.0. The van der Waals surface area contributed by atoms with Crippen LogP contribution in [0, 0.1) is 0 Å². The number of carbonyl (C=O) groups excluding carboxylic acids is 2. The lowest BCUT2D eigenvalue weighted by Gasteiger charge is -2.21. The van der Waals surface area contributed by atoms with Crippen LogP contribution >= 0.6 is 0 Å². The number of rotatable bonds is 9. The van der Waals surface area contributed by atoms with Crippen LogP contribution in [-0.2, 0) is 16.1 Å². The van der Waals surface area contributed by atoms with Crippen molar-refractivity contribution in [3.05, 3.63) is 59.7 Å². The lowest BCUT2D eigenvalue weighted by molar-refractivity contribution is -0.133. The number of anilines is 1. The second kappa shape index (κ2) is 10.3. The predicted octanol–water partition coefficient (Wildman–Crippen LogP) is 3.36. The molecule has 0 aliphatic carbocycles. The van der Waals surface area contributed by atoms with E-state index in [1.165, 1.54) is 4.90 Å². The zero-order chi connectivity index (χ0) is 20.5. The van der Waals surface area contributed by atoms with Gasteiger partial charge in [0, 0.05) is 32.4 Å². The molecule has 0 saturated carbocycles. The van der Waals surface area contributed by atoms with Gasteiger partial charge in [-0.25, -0.2) is 4.79 Å². The Kier molecular flexibility index (Phi) is 7.87. The summed E-state index contributed by atoms with van der Waals surface area (Å²) in [5.41, 5.74) is 2.45. The standard InChI is InChI=1S/C22H28N2O4/c1-5-24(6-2)19-11-9-18(10-12-19)22(26)28-16-21(25)23(3)15-17-7-13-20(27-4)14-8-17/h7-14H,5-6,15-16H2,1-4H3. The van der Waals surface area contributed by atoms with Gasteiger partial charge in [-0.15, -0.1) is 0 Å². The number of hydrogen-bond acceptors (Lipinski definition) is 5. The molecule has 0 heterocycles. The Morgan fingerprint density at radius 3 is 2.07 bits per heavy atom. The summed E-state index contributed by atoms with van der Waals surface area (Å²) in [6, 6.07) is 14.7. The normalized spacial score (nSPS) is 10.3. The quantitative estimate of drug-likeness (QED) is 0.621. The maximum Gasteiger partial charge on any atom is 0.338 e. The van der Waals surface area contributed by atoms with Crippen molar-refractivity contribution in [3.63, 3.8) is 0 Å². The second-order valence-corrected chi connectivity index (χ2v) is 6.39. The van der Waals surface area contributed by atoms with E-state index < -0.39 is 5.97 Å². The molecule has 2 rings (SSSR count). The van der Waals surface area contributed by atoms with Gasteiger partial charge in [0.25, 0.3) is 5.91 Å². The van der Waals surface area contributed by atoms with E-state index in [0.29, 0.717) is 12.1 Å². The first-order chi connectivity index (χ1) is 13.5. The van der Waals surface area contributed by atoms with Gasteiger partial charge in [-0.05, 0) is 55.8 Å². The number of benzene rings is 2. The smallest absolute Gasteiger partial charge is 0.338 e. The molecule has 150 valence electrons. The van der Waals surface area contributed by atoms with E-state index >= 15 is 0 Å². The minimum atomic E-state index is -0.503. The Labute approximate surface area is 166 Å². The second-order valence-electron chi connectivity index (χ2n) is 6.39. The van der Waals surface area contributed by atoms with Crippen LogP contribution in [0.5, 0.6) is 5.75 Å². The van der Waals surface area contributed by atoms with Crippen LogP contribution in [0.2, 0.25) is 0 Å². The van der Waals surface area contributed by atoms with Crippen LogP contribution in [-0.4, -0.2) is 50.6 Å². The number of ether oxygens (including phenoxy) is 2. The maximum absolute atomic E-state index is 12.2. The molecule has 28 heavy (non-hydrogen) atoms. The van der Waals surface area contributed by atoms with Gasteiger partial charge in [-0.3, -0.25) is 4.79 Å². The Balaban J connectivity index is 1.86. The van der Waals surface area contributed by atoms with E-state index in [0.717, 1.165) is 30.1 Å². The molecule has 0 aliphatic heterocycles. The molecule has 0 aromatic heterocycles. The minimum Gasteiger partial charge on any atom is -0.497 e. The summed E-state index contributed by atoms with van der Waals surface area (Å²) >= 11 is 0. The van der Waals surface area contributed by atoms with Crippen LogP contribution in [0.15, 0.2) is 48.5 Å². The van der Waals surface area contributed by atoms with Crippen LogP contribution in [0.25, 0.3) is 0 Å². The molecule has 0 fully saturated rings. The summed E-state index contributed by atoms with van der Waals surface area (Å²) < 4.78 is 10.3. The van der Waals surface area contributed by atoms with Crippen molar-refractivity contribution in [2.45, 2.75) is 20.4 Å². The van der Waals surface area contributed by atoms with Gasteiger partial charge < -0.3 is 19.3 Å². The van der Waals surface area contributed by atoms with E-state index in [2.05, 4.69) is 18.7 Å². The maximum atomic E-state index is 12.2. The Bertz CT molecular complexity index is 768. The Hall–Kier alpha value is -3.02. The molecule has 0 N–H and O–H groups in total. The highest BCUT2D eigenvalue weighted by atomic mass is 16.5. The molecule has 2 aromatic rings. The summed E-state index contributed by atoms with van der Waals surface area (Å²) in [7, 11) is 3.29. The Morgan fingerprint density at radius 1 is 0.929 bits per heavy atom. The third-order valence-corrected chi connectivity index (χ3v) is 4.56. The molecule has 0 spiro atoms. The van der Waals surface area contributed by atoms with Crippen LogP contribution in [0.1, 0.15) is 29.8 Å². The van der Waals surface area contributed by atoms with Crippen molar-refractivity contribution < 1.29 is 19.1 Å². The number of amides is 1. The number of esters is 1. The predicted molar refractivity (Wildman–Crippen MR) is 110 cm³/mol. The minimum absolute atomic E-state index is 0.260. The van der Waals surface area contributed by atoms with Gasteiger partial charge in [0.05, 0.1) is 12.7 Å². The molecule has 1 amide bonds. The lowest BCUT2D eigenvalue weighted by Crippen LogP contribution is -2.30. The monoisotopic (exact) mass is 384 g/mol. The average Bonchev–Trinajstić information content (AvgIpc) is 2.73. The summed E-state index contributed by atoms with van der Waals surface area (Å²) in [5.74, 6) is -0.0000962. The zero-order valence-electron chi connectivity index (χ0n) is 17.0. The van der Waals surface area contributed by atoms with Gasteiger partial charge in [-0.2, -0.15) is 0 Å². The van der Waals surface area contributed by atoms with Crippen molar-refractivity contribution >= 4 is 17.6 Å². The molecule has 0 bridgehead atoms. The SMILES string of the molecule is CCN(CC)c1ccc(C(=O)OCC(=O)N(C)Cc2ccc(OC)cc2)cc1. The Morgan fingerprint density at radius 2 is 1.54 bits per heavy atom. The van der Waals surface area contributed by atoms with Crippen molar-refractivity contribution in [2.24, 2.45) is 0 Å². The summed E-state index contributed by atoms with van der Waals surface area (Å²) in [6.07, 6.45) is 0. The van der Waals surface area contributed by atoms with E-state index in [9.17, 15) is 9.59 Å². The highest BCUT2D eigenvalue weighted by molar-refractivity contribution is 5.91. The van der Waals surface area contributed by atoms with E-state index in [4.69, 9.17) is 9.47 Å². The van der Waals surface area contributed by atoms with E-state index in [1.54, 1.807) is 26.3 Å². The molecule has 0 radical (unpaired) electrons. The number of nitrogens with zero attached hydrogens (tertiary/aromatic N) is 2. The average molecular weight is 384 g/mol. The largest absolute Gasteiger partial charge is 0.497 e. The topological polar surface area (TPSA) is 59.1 Å². The van der Waals surface area contributed by atoms with Gasteiger partial charge in [0.2, 0.25) is 0 Å². The van der Waals surface area contributed by atoms with Crippen molar-refractivity contribution in [1.29, 1.82) is 0 Å². The summed E-state index contributed by atoms with van der Waals surface area (Å²) in [5, 5.41) is 0. The molecule has 2 aromatic carbocycles. The first-order valence-corrected chi connectivity index (χ1v) is 9.37. The molecular formula is C22H28N2O4. The van der Waals surface area contributed by atoms with Crippen molar-refractivity contribution in [3.8, 4) is 5.75 Å². The van der Waals surface area contributed by atoms with Gasteiger partial charge >= 0.3 is 5.97 Å².